The molecule has 21 heavy (non-hydrogen) atoms. The number of benzene rings is 1. The van der Waals surface area contributed by atoms with Crippen molar-refractivity contribution < 1.29 is 9.72 Å². The molecule has 0 saturated heterocycles. The molecule has 1 aromatic rings. The highest BCUT2D eigenvalue weighted by molar-refractivity contribution is 9.09. The predicted octanol–water partition coefficient (Wildman–Crippen LogP) is 3.83. The lowest BCUT2D eigenvalue weighted by molar-refractivity contribution is -0.385. The van der Waals surface area contributed by atoms with Gasteiger partial charge in [-0.1, -0.05) is 42.8 Å². The fourth-order valence-corrected chi connectivity index (χ4v) is 3.16. The molecule has 1 amide bonds. The maximum atomic E-state index is 12.2. The van der Waals surface area contributed by atoms with Crippen molar-refractivity contribution in [2.24, 2.45) is 5.41 Å². The van der Waals surface area contributed by atoms with Crippen LogP contribution in [0.25, 0.3) is 0 Å². The second-order valence-electron chi connectivity index (χ2n) is 6.35. The largest absolute Gasteiger partial charge is 0.351 e. The summed E-state index contributed by atoms with van der Waals surface area (Å²) in [7, 11) is 0. The summed E-state index contributed by atoms with van der Waals surface area (Å²) in [5.74, 6) is -0.413. The van der Waals surface area contributed by atoms with Crippen molar-refractivity contribution in [3.05, 3.63) is 39.4 Å². The second-order valence-corrected chi connectivity index (χ2v) is 7.64. The van der Waals surface area contributed by atoms with Gasteiger partial charge in [-0.25, -0.2) is 0 Å². The Morgan fingerprint density at radius 1 is 1.43 bits per heavy atom. The van der Waals surface area contributed by atoms with E-state index in [1.807, 2.05) is 0 Å². The Hall–Kier alpha value is -1.43. The van der Waals surface area contributed by atoms with Gasteiger partial charge < -0.3 is 5.32 Å². The van der Waals surface area contributed by atoms with Gasteiger partial charge in [0.15, 0.2) is 0 Å². The van der Waals surface area contributed by atoms with E-state index in [0.717, 1.165) is 12.0 Å². The monoisotopic (exact) mass is 356 g/mol. The molecule has 1 unspecified atom stereocenters. The maximum absolute atomic E-state index is 12.2. The number of carbonyl (C=O) groups excluding carboxylic acids is 1. The van der Waals surface area contributed by atoms with E-state index in [1.54, 1.807) is 19.1 Å². The average molecular weight is 357 g/mol. The van der Waals surface area contributed by atoms with Crippen LogP contribution in [0.5, 0.6) is 0 Å². The van der Waals surface area contributed by atoms with Crippen LogP contribution in [0.15, 0.2) is 18.2 Å². The van der Waals surface area contributed by atoms with Gasteiger partial charge in [-0.2, -0.15) is 0 Å². The zero-order valence-corrected chi connectivity index (χ0v) is 14.4. The SMILES string of the molecule is Cc1ccc([N+](=O)[O-])c(C(=O)NCC(Br)CC(C)(C)C)c1. The third-order valence-electron chi connectivity index (χ3n) is 2.91. The van der Waals surface area contributed by atoms with E-state index in [2.05, 4.69) is 42.0 Å². The van der Waals surface area contributed by atoms with Gasteiger partial charge in [-0.05, 0) is 30.4 Å². The molecule has 0 radical (unpaired) electrons. The minimum Gasteiger partial charge on any atom is -0.351 e. The summed E-state index contributed by atoms with van der Waals surface area (Å²) in [5.41, 5.74) is 0.903. The minimum atomic E-state index is -0.533. The number of aryl methyl sites for hydroxylation is 1. The lowest BCUT2D eigenvalue weighted by Crippen LogP contribution is -2.31. The molecule has 0 aromatic heterocycles. The molecule has 0 bridgehead atoms. The van der Waals surface area contributed by atoms with Crippen LogP contribution in [-0.2, 0) is 0 Å². The molecule has 0 heterocycles. The number of hydrogen-bond acceptors (Lipinski definition) is 3. The molecular formula is C15H21BrN2O3. The second kappa shape index (κ2) is 7.02. The number of nitro benzene ring substituents is 1. The molecule has 0 spiro atoms. The summed E-state index contributed by atoms with van der Waals surface area (Å²) in [5, 5.41) is 13.7. The summed E-state index contributed by atoms with van der Waals surface area (Å²) in [6.07, 6.45) is 0.892. The number of alkyl halides is 1. The molecule has 1 atom stereocenters. The van der Waals surface area contributed by atoms with Crippen LogP contribution >= 0.6 is 15.9 Å². The number of hydrogen-bond donors (Lipinski definition) is 1. The van der Waals surface area contributed by atoms with Crippen LogP contribution in [0.2, 0.25) is 0 Å². The van der Waals surface area contributed by atoms with Crippen molar-refractivity contribution in [3.8, 4) is 0 Å². The van der Waals surface area contributed by atoms with Crippen LogP contribution in [0.3, 0.4) is 0 Å². The summed E-state index contributed by atoms with van der Waals surface area (Å²) in [6.45, 7) is 8.59. The lowest BCUT2D eigenvalue weighted by atomic mass is 9.90. The highest BCUT2D eigenvalue weighted by atomic mass is 79.9. The quantitative estimate of drug-likeness (QED) is 0.494. The van der Waals surface area contributed by atoms with Crippen LogP contribution in [-0.4, -0.2) is 22.2 Å². The lowest BCUT2D eigenvalue weighted by Gasteiger charge is -2.22. The highest BCUT2D eigenvalue weighted by Crippen LogP contribution is 2.24. The number of nitrogens with zero attached hydrogens (tertiary/aromatic N) is 1. The Labute approximate surface area is 133 Å². The molecule has 0 aliphatic carbocycles. The summed E-state index contributed by atoms with van der Waals surface area (Å²) in [6, 6.07) is 4.54. The number of carbonyl (C=O) groups is 1. The van der Waals surface area contributed by atoms with Gasteiger partial charge >= 0.3 is 0 Å². The van der Waals surface area contributed by atoms with Crippen molar-refractivity contribution >= 4 is 27.5 Å². The minimum absolute atomic E-state index is 0.107. The van der Waals surface area contributed by atoms with Gasteiger partial charge in [-0.3, -0.25) is 14.9 Å². The molecule has 0 saturated carbocycles. The smallest absolute Gasteiger partial charge is 0.282 e. The number of amides is 1. The van der Waals surface area contributed by atoms with Gasteiger partial charge in [-0.15, -0.1) is 0 Å². The van der Waals surface area contributed by atoms with Crippen LogP contribution < -0.4 is 5.32 Å². The van der Waals surface area contributed by atoms with Crippen molar-refractivity contribution in [1.82, 2.24) is 5.32 Å². The Balaban J connectivity index is 2.76. The number of nitrogens with one attached hydrogen (secondary N) is 1. The average Bonchev–Trinajstić information content (AvgIpc) is 2.33. The Bertz CT molecular complexity index is 538. The molecule has 0 aliphatic heterocycles. The Morgan fingerprint density at radius 3 is 2.57 bits per heavy atom. The van der Waals surface area contributed by atoms with Crippen molar-refractivity contribution in [1.29, 1.82) is 0 Å². The third kappa shape index (κ3) is 5.83. The van der Waals surface area contributed by atoms with Gasteiger partial charge in [0.2, 0.25) is 0 Å². The summed E-state index contributed by atoms with van der Waals surface area (Å²) in [4.78, 5) is 22.7. The topological polar surface area (TPSA) is 72.2 Å². The molecule has 1 aromatic carbocycles. The molecule has 0 aliphatic rings. The Morgan fingerprint density at radius 2 is 2.05 bits per heavy atom. The number of halogens is 1. The first-order chi connectivity index (χ1) is 9.60. The Kier molecular flexibility index (Phi) is 5.89. The van der Waals surface area contributed by atoms with Crippen molar-refractivity contribution in [2.75, 3.05) is 6.54 Å². The molecular weight excluding hydrogens is 336 g/mol. The standard InChI is InChI=1S/C15H21BrN2O3/c1-10-5-6-13(18(20)21)12(7-10)14(19)17-9-11(16)8-15(2,3)4/h5-7,11H,8-9H2,1-4H3,(H,17,19). The first-order valence-corrected chi connectivity index (χ1v) is 7.69. The van der Waals surface area contributed by atoms with Crippen LogP contribution in [0, 0.1) is 22.5 Å². The van der Waals surface area contributed by atoms with Gasteiger partial charge in [0.25, 0.3) is 11.6 Å². The molecule has 116 valence electrons. The van der Waals surface area contributed by atoms with Gasteiger partial charge in [0.05, 0.1) is 4.92 Å². The molecule has 1 N–H and O–H groups in total. The number of rotatable bonds is 5. The summed E-state index contributed by atoms with van der Waals surface area (Å²) >= 11 is 3.53. The zero-order chi connectivity index (χ0) is 16.2. The van der Waals surface area contributed by atoms with E-state index >= 15 is 0 Å². The zero-order valence-electron chi connectivity index (χ0n) is 12.8. The van der Waals surface area contributed by atoms with Gasteiger partial charge in [0, 0.05) is 17.4 Å². The van der Waals surface area contributed by atoms with Crippen LogP contribution in [0.4, 0.5) is 5.69 Å². The fourth-order valence-electron chi connectivity index (χ4n) is 2.03. The predicted molar refractivity (Wildman–Crippen MR) is 87.0 cm³/mol. The summed E-state index contributed by atoms with van der Waals surface area (Å²) < 4.78 is 0. The normalized spacial score (nSPS) is 12.8. The van der Waals surface area contributed by atoms with E-state index in [4.69, 9.17) is 0 Å². The van der Waals surface area contributed by atoms with E-state index < -0.39 is 10.8 Å². The van der Waals surface area contributed by atoms with E-state index in [1.165, 1.54) is 6.07 Å². The van der Waals surface area contributed by atoms with E-state index in [0.29, 0.717) is 6.54 Å². The fraction of sp³-hybridized carbons (Fsp3) is 0.533. The van der Waals surface area contributed by atoms with Gasteiger partial charge in [0.1, 0.15) is 5.56 Å². The highest BCUT2D eigenvalue weighted by Gasteiger charge is 2.22. The maximum Gasteiger partial charge on any atom is 0.282 e. The molecule has 6 heteroatoms. The molecule has 1 rings (SSSR count). The van der Waals surface area contributed by atoms with E-state index in [-0.39, 0.29) is 21.5 Å². The molecule has 0 fully saturated rings. The third-order valence-corrected chi connectivity index (χ3v) is 3.56. The van der Waals surface area contributed by atoms with E-state index in [9.17, 15) is 14.9 Å². The van der Waals surface area contributed by atoms with Crippen molar-refractivity contribution in [2.45, 2.75) is 38.9 Å². The first kappa shape index (κ1) is 17.6. The first-order valence-electron chi connectivity index (χ1n) is 6.77. The van der Waals surface area contributed by atoms with Crippen LogP contribution in [0.1, 0.15) is 43.1 Å². The van der Waals surface area contributed by atoms with Crippen molar-refractivity contribution in [3.63, 3.8) is 0 Å². The number of nitro groups is 1. The molecule has 5 nitrogen and oxygen atoms in total.